The number of nitriles is 1. The molecule has 1 heterocycles. The topological polar surface area (TPSA) is 65.9 Å². The lowest BCUT2D eigenvalue weighted by atomic mass is 10.3. The molecule has 0 amide bonds. The van der Waals surface area contributed by atoms with Gasteiger partial charge in [-0.05, 0) is 0 Å². The predicted molar refractivity (Wildman–Crippen MR) is 38.5 cm³/mol. The zero-order chi connectivity index (χ0) is 10.8. The Morgan fingerprint density at radius 2 is 2.14 bits per heavy atom. The van der Waals surface area contributed by atoms with Crippen molar-refractivity contribution < 1.29 is 17.9 Å². The summed E-state index contributed by atoms with van der Waals surface area (Å²) in [6, 6.07) is 2.21. The highest BCUT2D eigenvalue weighted by molar-refractivity contribution is 5.36. The van der Waals surface area contributed by atoms with Crippen LogP contribution in [0.25, 0.3) is 0 Å². The van der Waals surface area contributed by atoms with E-state index in [-0.39, 0.29) is 0 Å². The van der Waals surface area contributed by atoms with Crippen molar-refractivity contribution >= 4 is 0 Å². The molecule has 0 atom stereocenters. The van der Waals surface area contributed by atoms with Gasteiger partial charge in [-0.3, -0.25) is 4.79 Å². The molecule has 0 saturated carbocycles. The molecular formula is C7H3F3N2O2. The molecule has 0 bridgehead atoms. The zero-order valence-corrected chi connectivity index (χ0v) is 6.55. The highest BCUT2D eigenvalue weighted by atomic mass is 19.4. The fraction of sp³-hybridized carbons (Fsp3) is 0.143. The highest BCUT2D eigenvalue weighted by Crippen LogP contribution is 2.21. The van der Waals surface area contributed by atoms with E-state index < -0.39 is 23.2 Å². The summed E-state index contributed by atoms with van der Waals surface area (Å²) in [6.45, 7) is 0. The number of ether oxygens (including phenoxy) is 1. The molecule has 0 aliphatic heterocycles. The van der Waals surface area contributed by atoms with Crippen LogP contribution in [0.1, 0.15) is 5.69 Å². The fourth-order valence-electron chi connectivity index (χ4n) is 0.765. The molecule has 0 saturated heterocycles. The number of hydrogen-bond acceptors (Lipinski definition) is 3. The van der Waals surface area contributed by atoms with Gasteiger partial charge in [0.15, 0.2) is 5.69 Å². The normalized spacial score (nSPS) is 10.7. The van der Waals surface area contributed by atoms with E-state index in [4.69, 9.17) is 5.26 Å². The quantitative estimate of drug-likeness (QED) is 0.745. The molecule has 0 aliphatic rings. The van der Waals surface area contributed by atoms with Crippen LogP contribution in [0, 0.1) is 11.3 Å². The van der Waals surface area contributed by atoms with Crippen LogP contribution in [-0.2, 0) is 0 Å². The molecule has 0 unspecified atom stereocenters. The second-order valence-corrected chi connectivity index (χ2v) is 2.21. The van der Waals surface area contributed by atoms with E-state index in [0.717, 1.165) is 12.3 Å². The summed E-state index contributed by atoms with van der Waals surface area (Å²) in [5, 5.41) is 8.37. The predicted octanol–water partition coefficient (Wildman–Crippen LogP) is 1.15. The Morgan fingerprint density at radius 3 is 2.64 bits per heavy atom. The van der Waals surface area contributed by atoms with Crippen LogP contribution in [0.3, 0.4) is 0 Å². The monoisotopic (exact) mass is 204 g/mol. The van der Waals surface area contributed by atoms with Gasteiger partial charge in [0.2, 0.25) is 11.2 Å². The van der Waals surface area contributed by atoms with E-state index in [9.17, 15) is 18.0 Å². The van der Waals surface area contributed by atoms with E-state index in [1.807, 2.05) is 0 Å². The number of nitrogens with zero attached hydrogens (tertiary/aromatic N) is 1. The second-order valence-electron chi connectivity index (χ2n) is 2.21. The van der Waals surface area contributed by atoms with Gasteiger partial charge in [0, 0.05) is 12.3 Å². The van der Waals surface area contributed by atoms with Crippen molar-refractivity contribution in [2.24, 2.45) is 0 Å². The van der Waals surface area contributed by atoms with Crippen molar-refractivity contribution in [2.75, 3.05) is 0 Å². The van der Waals surface area contributed by atoms with E-state index in [0.29, 0.717) is 0 Å². The number of rotatable bonds is 1. The first-order chi connectivity index (χ1) is 6.44. The number of alkyl halides is 3. The zero-order valence-electron chi connectivity index (χ0n) is 6.55. The Balaban J connectivity index is 3.20. The number of halogens is 3. The number of aromatic amines is 1. The maximum atomic E-state index is 11.8. The van der Waals surface area contributed by atoms with Crippen LogP contribution in [-0.4, -0.2) is 11.3 Å². The van der Waals surface area contributed by atoms with Gasteiger partial charge < -0.3 is 9.72 Å². The fourth-order valence-corrected chi connectivity index (χ4v) is 0.765. The molecule has 0 fully saturated rings. The van der Waals surface area contributed by atoms with E-state index in [1.165, 1.54) is 6.07 Å². The summed E-state index contributed by atoms with van der Waals surface area (Å²) in [5.74, 6) is -1.04. The first-order valence-electron chi connectivity index (χ1n) is 3.31. The van der Waals surface area contributed by atoms with E-state index >= 15 is 0 Å². The van der Waals surface area contributed by atoms with Gasteiger partial charge in [0.25, 0.3) is 0 Å². The molecule has 1 aromatic rings. The lowest BCUT2D eigenvalue weighted by Gasteiger charge is -2.08. The summed E-state index contributed by atoms with van der Waals surface area (Å²) in [4.78, 5) is 13.0. The van der Waals surface area contributed by atoms with Gasteiger partial charge in [0.1, 0.15) is 6.07 Å². The molecule has 4 nitrogen and oxygen atoms in total. The molecule has 0 aromatic carbocycles. The highest BCUT2D eigenvalue weighted by Gasteiger charge is 2.33. The summed E-state index contributed by atoms with van der Waals surface area (Å²) < 4.78 is 38.6. The average molecular weight is 204 g/mol. The molecule has 0 aliphatic carbocycles. The minimum atomic E-state index is -4.99. The van der Waals surface area contributed by atoms with Crippen molar-refractivity contribution in [1.29, 1.82) is 5.26 Å². The third kappa shape index (κ3) is 2.26. The minimum Gasteiger partial charge on any atom is -0.399 e. The summed E-state index contributed by atoms with van der Waals surface area (Å²) in [7, 11) is 0. The van der Waals surface area contributed by atoms with Crippen molar-refractivity contribution in [2.45, 2.75) is 6.36 Å². The van der Waals surface area contributed by atoms with Gasteiger partial charge in [-0.15, -0.1) is 13.2 Å². The van der Waals surface area contributed by atoms with Crippen molar-refractivity contribution in [3.8, 4) is 11.8 Å². The van der Waals surface area contributed by atoms with Crippen LogP contribution >= 0.6 is 0 Å². The van der Waals surface area contributed by atoms with Crippen molar-refractivity contribution in [3.63, 3.8) is 0 Å². The standard InChI is InChI=1S/C7H3F3N2O2/c8-7(9,10)14-6-4(3-11)12-2-1-5(6)13/h1-2H,(H,12,13). The average Bonchev–Trinajstić information content (AvgIpc) is 2.06. The number of H-pyrrole nitrogens is 1. The SMILES string of the molecule is N#Cc1[nH]ccc(=O)c1OC(F)(F)F. The van der Waals surface area contributed by atoms with Crippen LogP contribution in [0.5, 0.6) is 5.75 Å². The van der Waals surface area contributed by atoms with Crippen LogP contribution in [0.4, 0.5) is 13.2 Å². The molecule has 74 valence electrons. The van der Waals surface area contributed by atoms with Gasteiger partial charge in [-0.2, -0.15) is 5.26 Å². The summed E-state index contributed by atoms with van der Waals surface area (Å²) in [5.41, 5.74) is -1.56. The van der Waals surface area contributed by atoms with Crippen LogP contribution in [0.2, 0.25) is 0 Å². The largest absolute Gasteiger partial charge is 0.573 e. The Bertz CT molecular complexity index is 430. The number of hydrogen-bond donors (Lipinski definition) is 1. The molecule has 1 aromatic heterocycles. The van der Waals surface area contributed by atoms with Crippen molar-refractivity contribution in [1.82, 2.24) is 4.98 Å². The third-order valence-electron chi connectivity index (χ3n) is 1.24. The van der Waals surface area contributed by atoms with Gasteiger partial charge in [-0.1, -0.05) is 0 Å². The van der Waals surface area contributed by atoms with Crippen LogP contribution in [0.15, 0.2) is 17.1 Å². The third-order valence-corrected chi connectivity index (χ3v) is 1.24. The van der Waals surface area contributed by atoms with Crippen LogP contribution < -0.4 is 10.2 Å². The van der Waals surface area contributed by atoms with Gasteiger partial charge in [-0.25, -0.2) is 0 Å². The van der Waals surface area contributed by atoms with Gasteiger partial charge >= 0.3 is 6.36 Å². The lowest BCUT2D eigenvalue weighted by Crippen LogP contribution is -2.22. The molecule has 0 spiro atoms. The summed E-state index contributed by atoms with van der Waals surface area (Å²) >= 11 is 0. The second kappa shape index (κ2) is 3.41. The first-order valence-corrected chi connectivity index (χ1v) is 3.31. The number of nitrogens with one attached hydrogen (secondary N) is 1. The Kier molecular flexibility index (Phi) is 2.47. The van der Waals surface area contributed by atoms with Crippen molar-refractivity contribution in [3.05, 3.63) is 28.2 Å². The maximum absolute atomic E-state index is 11.8. The first kappa shape index (κ1) is 10.1. The van der Waals surface area contributed by atoms with Gasteiger partial charge in [0.05, 0.1) is 0 Å². The number of pyridine rings is 1. The molecule has 1 rings (SSSR count). The molecule has 14 heavy (non-hydrogen) atoms. The minimum absolute atomic E-state index is 0.560. The summed E-state index contributed by atoms with van der Waals surface area (Å²) in [6.07, 6.45) is -3.93. The molecule has 0 radical (unpaired) electrons. The molecular weight excluding hydrogens is 201 g/mol. The Morgan fingerprint density at radius 1 is 1.50 bits per heavy atom. The van der Waals surface area contributed by atoms with E-state index in [2.05, 4.69) is 9.72 Å². The lowest BCUT2D eigenvalue weighted by molar-refractivity contribution is -0.275. The maximum Gasteiger partial charge on any atom is 0.573 e. The Hall–Kier alpha value is -1.97. The number of aromatic nitrogens is 1. The smallest absolute Gasteiger partial charge is 0.399 e. The molecule has 7 heteroatoms. The van der Waals surface area contributed by atoms with E-state index in [1.54, 1.807) is 0 Å². The molecule has 1 N–H and O–H groups in total. The Labute approximate surface area is 75.5 Å².